The van der Waals surface area contributed by atoms with Gasteiger partial charge in [-0.1, -0.05) is 23.7 Å². The van der Waals surface area contributed by atoms with E-state index in [4.69, 9.17) is 11.6 Å². The Morgan fingerprint density at radius 1 is 1.26 bits per heavy atom. The first kappa shape index (κ1) is 13.5. The minimum atomic E-state index is -4.91. The molecule has 100 valence electrons. The predicted molar refractivity (Wildman–Crippen MR) is 58.5 cm³/mol. The van der Waals surface area contributed by atoms with Crippen LogP contribution in [0, 0.1) is 0 Å². The molecule has 0 unspecified atom stereocenters. The van der Waals surface area contributed by atoms with Gasteiger partial charge in [0, 0.05) is 16.1 Å². The van der Waals surface area contributed by atoms with Gasteiger partial charge in [0.05, 0.1) is 5.97 Å². The maximum Gasteiger partial charge on any atom is 0.450 e. The van der Waals surface area contributed by atoms with Gasteiger partial charge in [-0.3, -0.25) is 0 Å². The Balaban J connectivity index is 2.58. The molecule has 0 radical (unpaired) electrons. The molecule has 19 heavy (non-hydrogen) atoms. The van der Waals surface area contributed by atoms with Crippen molar-refractivity contribution >= 4 is 17.6 Å². The van der Waals surface area contributed by atoms with Crippen LogP contribution >= 0.6 is 11.6 Å². The SMILES string of the molecule is O=C([O-])c1cc(-c2cccc(Cl)c2)oc1C(F)(F)F. The third-order valence-electron chi connectivity index (χ3n) is 2.32. The maximum absolute atomic E-state index is 12.6. The molecule has 0 aliphatic heterocycles. The zero-order valence-corrected chi connectivity index (χ0v) is 9.88. The Labute approximate surface area is 110 Å². The largest absolute Gasteiger partial charge is 0.545 e. The minimum absolute atomic E-state index is 0.241. The van der Waals surface area contributed by atoms with Crippen LogP contribution in [0.1, 0.15) is 16.1 Å². The molecule has 0 bridgehead atoms. The molecule has 0 amide bonds. The van der Waals surface area contributed by atoms with Crippen LogP contribution in [0.2, 0.25) is 5.02 Å². The van der Waals surface area contributed by atoms with E-state index in [1.54, 1.807) is 0 Å². The fourth-order valence-corrected chi connectivity index (χ4v) is 1.73. The molecule has 0 atom stereocenters. The molecular weight excluding hydrogens is 285 g/mol. The lowest BCUT2D eigenvalue weighted by Gasteiger charge is -2.05. The second-order valence-electron chi connectivity index (χ2n) is 3.65. The maximum atomic E-state index is 12.6. The number of benzene rings is 1. The van der Waals surface area contributed by atoms with Gasteiger partial charge in [0.1, 0.15) is 5.76 Å². The molecule has 0 N–H and O–H groups in total. The Morgan fingerprint density at radius 2 is 1.95 bits per heavy atom. The van der Waals surface area contributed by atoms with Crippen LogP contribution < -0.4 is 5.11 Å². The van der Waals surface area contributed by atoms with Crippen LogP contribution in [-0.2, 0) is 6.18 Å². The summed E-state index contributed by atoms with van der Waals surface area (Å²) in [7, 11) is 0. The Morgan fingerprint density at radius 3 is 2.42 bits per heavy atom. The van der Waals surface area contributed by atoms with Gasteiger partial charge >= 0.3 is 6.18 Å². The number of rotatable bonds is 2. The van der Waals surface area contributed by atoms with E-state index in [0.717, 1.165) is 6.07 Å². The highest BCUT2D eigenvalue weighted by atomic mass is 35.5. The first-order valence-electron chi connectivity index (χ1n) is 4.97. The van der Waals surface area contributed by atoms with Crippen molar-refractivity contribution in [2.75, 3.05) is 0 Å². The number of halogens is 4. The zero-order valence-electron chi connectivity index (χ0n) is 9.12. The molecule has 1 aromatic heterocycles. The smallest absolute Gasteiger partial charge is 0.450 e. The third-order valence-corrected chi connectivity index (χ3v) is 2.55. The van der Waals surface area contributed by atoms with Gasteiger partial charge in [0.25, 0.3) is 0 Å². The number of hydrogen-bond acceptors (Lipinski definition) is 3. The summed E-state index contributed by atoms with van der Waals surface area (Å²) in [5, 5.41) is 11.0. The van der Waals surface area contributed by atoms with Crippen molar-refractivity contribution in [1.82, 2.24) is 0 Å². The topological polar surface area (TPSA) is 53.3 Å². The van der Waals surface area contributed by atoms with Gasteiger partial charge in [-0.2, -0.15) is 13.2 Å². The zero-order chi connectivity index (χ0) is 14.2. The van der Waals surface area contributed by atoms with E-state index in [-0.39, 0.29) is 16.3 Å². The molecule has 2 aromatic rings. The van der Waals surface area contributed by atoms with E-state index >= 15 is 0 Å². The van der Waals surface area contributed by atoms with Crippen molar-refractivity contribution in [3.8, 4) is 11.3 Å². The van der Waals surface area contributed by atoms with Crippen LogP contribution in [0.5, 0.6) is 0 Å². The van der Waals surface area contributed by atoms with E-state index in [1.807, 2.05) is 0 Å². The number of carbonyl (C=O) groups is 1. The monoisotopic (exact) mass is 289 g/mol. The second kappa shape index (κ2) is 4.62. The summed E-state index contributed by atoms with van der Waals surface area (Å²) >= 11 is 5.70. The van der Waals surface area contributed by atoms with E-state index in [2.05, 4.69) is 4.42 Å². The van der Waals surface area contributed by atoms with Crippen LogP contribution in [0.25, 0.3) is 11.3 Å². The highest BCUT2D eigenvalue weighted by Crippen LogP contribution is 2.37. The van der Waals surface area contributed by atoms with Gasteiger partial charge in [0.15, 0.2) is 0 Å². The Bertz CT molecular complexity index is 631. The number of carboxylic acid groups (broad SMARTS) is 1. The molecule has 0 fully saturated rings. The van der Waals surface area contributed by atoms with E-state index in [1.165, 1.54) is 24.3 Å². The number of furan rings is 1. The summed E-state index contributed by atoms with van der Waals surface area (Å²) in [4.78, 5) is 10.7. The average molecular weight is 290 g/mol. The highest BCUT2D eigenvalue weighted by Gasteiger charge is 2.38. The van der Waals surface area contributed by atoms with Crippen LogP contribution in [0.3, 0.4) is 0 Å². The van der Waals surface area contributed by atoms with Gasteiger partial charge in [-0.25, -0.2) is 0 Å². The van der Waals surface area contributed by atoms with Gasteiger partial charge < -0.3 is 14.3 Å². The van der Waals surface area contributed by atoms with Crippen LogP contribution in [-0.4, -0.2) is 5.97 Å². The molecule has 0 saturated carbocycles. The first-order chi connectivity index (χ1) is 8.79. The fourth-order valence-electron chi connectivity index (χ4n) is 1.54. The Hall–Kier alpha value is -1.95. The third kappa shape index (κ3) is 2.73. The molecule has 1 heterocycles. The molecule has 0 saturated heterocycles. The summed E-state index contributed by atoms with van der Waals surface area (Å²) < 4.78 is 42.4. The number of hydrogen-bond donors (Lipinski definition) is 0. The summed E-state index contributed by atoms with van der Waals surface area (Å²) in [6.07, 6.45) is -4.91. The molecular formula is C12H5ClF3O3-. The van der Waals surface area contributed by atoms with Crippen LogP contribution in [0.15, 0.2) is 34.7 Å². The number of alkyl halides is 3. The predicted octanol–water partition coefficient (Wildman–Crippen LogP) is 2.98. The molecule has 3 nitrogen and oxygen atoms in total. The number of carbonyl (C=O) groups excluding carboxylic acids is 1. The molecule has 0 aliphatic rings. The average Bonchev–Trinajstić information content (AvgIpc) is 2.73. The van der Waals surface area contributed by atoms with Crippen molar-refractivity contribution in [3.05, 3.63) is 46.7 Å². The second-order valence-corrected chi connectivity index (χ2v) is 4.09. The normalized spacial score (nSPS) is 11.6. The molecule has 2 rings (SSSR count). The lowest BCUT2D eigenvalue weighted by atomic mass is 10.1. The molecule has 0 spiro atoms. The number of aromatic carboxylic acids is 1. The van der Waals surface area contributed by atoms with E-state index in [0.29, 0.717) is 0 Å². The molecule has 7 heteroatoms. The summed E-state index contributed by atoms with van der Waals surface area (Å²) in [6.45, 7) is 0. The standard InChI is InChI=1S/C12H6ClF3O3/c13-7-3-1-2-6(4-7)9-5-8(11(17)18)10(19-9)12(14,15)16/h1-5H,(H,17,18)/p-1. The van der Waals surface area contributed by atoms with Crippen molar-refractivity contribution in [3.63, 3.8) is 0 Å². The minimum Gasteiger partial charge on any atom is -0.545 e. The van der Waals surface area contributed by atoms with Crippen molar-refractivity contribution in [1.29, 1.82) is 0 Å². The van der Waals surface area contributed by atoms with Crippen LogP contribution in [0.4, 0.5) is 13.2 Å². The van der Waals surface area contributed by atoms with Gasteiger partial charge in [-0.05, 0) is 18.2 Å². The van der Waals surface area contributed by atoms with E-state index in [9.17, 15) is 23.1 Å². The van der Waals surface area contributed by atoms with Crippen molar-refractivity contribution in [2.24, 2.45) is 0 Å². The molecule has 0 aliphatic carbocycles. The van der Waals surface area contributed by atoms with Gasteiger partial charge in [0.2, 0.25) is 5.76 Å². The Kier molecular flexibility index (Phi) is 3.28. The summed E-state index contributed by atoms with van der Waals surface area (Å²) in [6, 6.07) is 6.61. The first-order valence-corrected chi connectivity index (χ1v) is 5.35. The molecule has 1 aromatic carbocycles. The lowest BCUT2D eigenvalue weighted by Crippen LogP contribution is -2.24. The highest BCUT2D eigenvalue weighted by molar-refractivity contribution is 6.30. The number of carboxylic acids is 1. The van der Waals surface area contributed by atoms with Gasteiger partial charge in [-0.15, -0.1) is 0 Å². The summed E-state index contributed by atoms with van der Waals surface area (Å²) in [5.41, 5.74) is -0.798. The van der Waals surface area contributed by atoms with Crippen molar-refractivity contribution < 1.29 is 27.5 Å². The lowest BCUT2D eigenvalue weighted by molar-refractivity contribution is -0.256. The van der Waals surface area contributed by atoms with E-state index < -0.39 is 23.5 Å². The fraction of sp³-hybridized carbons (Fsp3) is 0.0833. The quantitative estimate of drug-likeness (QED) is 0.854. The summed E-state index contributed by atoms with van der Waals surface area (Å²) in [5.74, 6) is -3.79. The van der Waals surface area contributed by atoms with Crippen molar-refractivity contribution in [2.45, 2.75) is 6.18 Å².